The molecule has 0 atom stereocenters. The summed E-state index contributed by atoms with van der Waals surface area (Å²) < 4.78 is 6.75. The first-order valence-corrected chi connectivity index (χ1v) is 5.93. The standard InChI is InChI=1S/C13H9BrN2O/c14-10-3-1-2-8-6-11(17-13(8)10)9-4-5-12(15)16-7-9/h1-7H,(H2,15,16). The summed E-state index contributed by atoms with van der Waals surface area (Å²) in [4.78, 5) is 4.05. The summed E-state index contributed by atoms with van der Waals surface area (Å²) in [6.07, 6.45) is 1.71. The van der Waals surface area contributed by atoms with Gasteiger partial charge in [0.1, 0.15) is 17.2 Å². The molecule has 2 N–H and O–H groups in total. The smallest absolute Gasteiger partial charge is 0.148 e. The average molecular weight is 289 g/mol. The quantitative estimate of drug-likeness (QED) is 0.740. The maximum atomic E-state index is 5.80. The highest BCUT2D eigenvalue weighted by atomic mass is 79.9. The van der Waals surface area contributed by atoms with Crippen LogP contribution in [0.5, 0.6) is 0 Å². The van der Waals surface area contributed by atoms with E-state index in [1.165, 1.54) is 0 Å². The van der Waals surface area contributed by atoms with E-state index in [0.717, 1.165) is 26.8 Å². The zero-order valence-electron chi connectivity index (χ0n) is 8.85. The molecule has 0 bridgehead atoms. The minimum Gasteiger partial charge on any atom is -0.455 e. The Morgan fingerprint density at radius 3 is 2.76 bits per heavy atom. The normalized spacial score (nSPS) is 10.9. The Bertz CT molecular complexity index is 673. The molecule has 3 rings (SSSR count). The first-order chi connectivity index (χ1) is 8.24. The fraction of sp³-hybridized carbons (Fsp3) is 0. The third-order valence-corrected chi connectivity index (χ3v) is 3.19. The number of pyridine rings is 1. The van der Waals surface area contributed by atoms with Gasteiger partial charge >= 0.3 is 0 Å². The van der Waals surface area contributed by atoms with Gasteiger partial charge in [0.25, 0.3) is 0 Å². The van der Waals surface area contributed by atoms with Gasteiger partial charge in [0.05, 0.1) is 4.47 Å². The third-order valence-electron chi connectivity index (χ3n) is 2.57. The van der Waals surface area contributed by atoms with E-state index in [4.69, 9.17) is 10.2 Å². The second kappa shape index (κ2) is 3.89. The van der Waals surface area contributed by atoms with E-state index in [1.807, 2.05) is 30.3 Å². The molecule has 0 aliphatic heterocycles. The minimum atomic E-state index is 0.506. The van der Waals surface area contributed by atoms with Gasteiger partial charge in [0.2, 0.25) is 0 Å². The highest BCUT2D eigenvalue weighted by Gasteiger charge is 2.08. The van der Waals surface area contributed by atoms with E-state index in [1.54, 1.807) is 12.3 Å². The van der Waals surface area contributed by atoms with Crippen molar-refractivity contribution in [2.75, 3.05) is 5.73 Å². The summed E-state index contributed by atoms with van der Waals surface area (Å²) >= 11 is 3.46. The predicted molar refractivity (Wildman–Crippen MR) is 71.6 cm³/mol. The van der Waals surface area contributed by atoms with Gasteiger partial charge in [0.15, 0.2) is 0 Å². The van der Waals surface area contributed by atoms with Crippen LogP contribution in [0, 0.1) is 0 Å². The van der Waals surface area contributed by atoms with Crippen LogP contribution in [-0.2, 0) is 0 Å². The number of hydrogen-bond donors (Lipinski definition) is 1. The van der Waals surface area contributed by atoms with Crippen molar-refractivity contribution in [3.05, 3.63) is 47.1 Å². The van der Waals surface area contributed by atoms with Gasteiger partial charge in [-0.3, -0.25) is 0 Å². The molecule has 2 aromatic heterocycles. The lowest BCUT2D eigenvalue weighted by atomic mass is 10.2. The van der Waals surface area contributed by atoms with Crippen LogP contribution < -0.4 is 5.73 Å². The molecule has 0 saturated heterocycles. The van der Waals surface area contributed by atoms with Gasteiger partial charge in [-0.05, 0) is 40.2 Å². The zero-order valence-corrected chi connectivity index (χ0v) is 10.4. The number of anilines is 1. The molecule has 3 nitrogen and oxygen atoms in total. The lowest BCUT2D eigenvalue weighted by Gasteiger charge is -1.96. The summed E-state index contributed by atoms with van der Waals surface area (Å²) in [7, 11) is 0. The van der Waals surface area contributed by atoms with E-state index < -0.39 is 0 Å². The van der Waals surface area contributed by atoms with E-state index in [-0.39, 0.29) is 0 Å². The number of benzene rings is 1. The molecule has 2 heterocycles. The van der Waals surface area contributed by atoms with Gasteiger partial charge in [-0.15, -0.1) is 0 Å². The van der Waals surface area contributed by atoms with Crippen molar-refractivity contribution in [3.63, 3.8) is 0 Å². The van der Waals surface area contributed by atoms with E-state index in [0.29, 0.717) is 5.82 Å². The molecule has 0 unspecified atom stereocenters. The Morgan fingerprint density at radius 2 is 2.06 bits per heavy atom. The van der Waals surface area contributed by atoms with E-state index in [9.17, 15) is 0 Å². The lowest BCUT2D eigenvalue weighted by Crippen LogP contribution is -1.88. The summed E-state index contributed by atoms with van der Waals surface area (Å²) in [5.41, 5.74) is 7.32. The second-order valence-corrected chi connectivity index (χ2v) is 4.59. The molecule has 84 valence electrons. The maximum Gasteiger partial charge on any atom is 0.148 e. The Kier molecular flexibility index (Phi) is 2.37. The summed E-state index contributed by atoms with van der Waals surface area (Å²) in [6.45, 7) is 0. The molecular formula is C13H9BrN2O. The number of nitrogens with zero attached hydrogens (tertiary/aromatic N) is 1. The summed E-state index contributed by atoms with van der Waals surface area (Å²) in [5, 5.41) is 1.06. The Balaban J connectivity index is 2.18. The molecule has 0 aliphatic carbocycles. The largest absolute Gasteiger partial charge is 0.455 e. The van der Waals surface area contributed by atoms with Crippen molar-refractivity contribution in [1.29, 1.82) is 0 Å². The number of hydrogen-bond acceptors (Lipinski definition) is 3. The Labute approximate surface area is 106 Å². The molecule has 0 fully saturated rings. The van der Waals surface area contributed by atoms with Crippen LogP contribution >= 0.6 is 15.9 Å². The number of nitrogens with two attached hydrogens (primary N) is 1. The van der Waals surface area contributed by atoms with Gasteiger partial charge in [0, 0.05) is 17.1 Å². The van der Waals surface area contributed by atoms with Gasteiger partial charge in [-0.25, -0.2) is 4.98 Å². The lowest BCUT2D eigenvalue weighted by molar-refractivity contribution is 0.629. The minimum absolute atomic E-state index is 0.506. The highest BCUT2D eigenvalue weighted by Crippen LogP contribution is 2.31. The number of furan rings is 1. The van der Waals surface area contributed by atoms with Crippen molar-refractivity contribution >= 4 is 32.7 Å². The average Bonchev–Trinajstić information content (AvgIpc) is 2.75. The number of aromatic nitrogens is 1. The number of fused-ring (bicyclic) bond motifs is 1. The fourth-order valence-corrected chi connectivity index (χ4v) is 2.18. The van der Waals surface area contributed by atoms with Crippen molar-refractivity contribution in [3.8, 4) is 11.3 Å². The molecule has 0 amide bonds. The monoisotopic (exact) mass is 288 g/mol. The topological polar surface area (TPSA) is 52.0 Å². The number of para-hydroxylation sites is 1. The zero-order chi connectivity index (χ0) is 11.8. The number of halogens is 1. The first kappa shape index (κ1) is 10.4. The molecule has 0 spiro atoms. The van der Waals surface area contributed by atoms with Crippen LogP contribution in [0.15, 0.2) is 51.5 Å². The second-order valence-electron chi connectivity index (χ2n) is 3.74. The molecule has 3 aromatic rings. The predicted octanol–water partition coefficient (Wildman–Crippen LogP) is 3.84. The summed E-state index contributed by atoms with van der Waals surface area (Å²) in [5.74, 6) is 1.30. The maximum absolute atomic E-state index is 5.80. The van der Waals surface area contributed by atoms with Crippen LogP contribution in [0.1, 0.15) is 0 Å². The SMILES string of the molecule is Nc1ccc(-c2cc3cccc(Br)c3o2)cn1. The van der Waals surface area contributed by atoms with Gasteiger partial charge in [-0.1, -0.05) is 12.1 Å². The van der Waals surface area contributed by atoms with Crippen molar-refractivity contribution in [2.24, 2.45) is 0 Å². The third kappa shape index (κ3) is 1.80. The molecule has 0 aliphatic rings. The Morgan fingerprint density at radius 1 is 1.18 bits per heavy atom. The number of rotatable bonds is 1. The molecule has 0 saturated carbocycles. The molecule has 0 radical (unpaired) electrons. The van der Waals surface area contributed by atoms with Gasteiger partial charge in [-0.2, -0.15) is 0 Å². The van der Waals surface area contributed by atoms with Crippen molar-refractivity contribution < 1.29 is 4.42 Å². The molecular weight excluding hydrogens is 280 g/mol. The van der Waals surface area contributed by atoms with E-state index >= 15 is 0 Å². The van der Waals surface area contributed by atoms with Crippen LogP contribution in [-0.4, -0.2) is 4.98 Å². The van der Waals surface area contributed by atoms with E-state index in [2.05, 4.69) is 20.9 Å². The summed E-state index contributed by atoms with van der Waals surface area (Å²) in [6, 6.07) is 11.6. The van der Waals surface area contributed by atoms with Crippen molar-refractivity contribution in [2.45, 2.75) is 0 Å². The Hall–Kier alpha value is -1.81. The van der Waals surface area contributed by atoms with Gasteiger partial charge < -0.3 is 10.2 Å². The van der Waals surface area contributed by atoms with Crippen molar-refractivity contribution in [1.82, 2.24) is 4.98 Å². The van der Waals surface area contributed by atoms with Crippen LogP contribution in [0.4, 0.5) is 5.82 Å². The van der Waals surface area contributed by atoms with Crippen LogP contribution in [0.25, 0.3) is 22.3 Å². The van der Waals surface area contributed by atoms with Crippen LogP contribution in [0.2, 0.25) is 0 Å². The molecule has 1 aromatic carbocycles. The first-order valence-electron chi connectivity index (χ1n) is 5.14. The molecule has 4 heteroatoms. The number of nitrogen functional groups attached to an aromatic ring is 1. The highest BCUT2D eigenvalue weighted by molar-refractivity contribution is 9.10. The van der Waals surface area contributed by atoms with Crippen LogP contribution in [0.3, 0.4) is 0 Å². The fourth-order valence-electron chi connectivity index (χ4n) is 1.72. The molecule has 17 heavy (non-hydrogen) atoms.